The molecular formula is C28H42ClN5O2. The molecule has 0 saturated heterocycles. The lowest BCUT2D eigenvalue weighted by Gasteiger charge is -2.31. The van der Waals surface area contributed by atoms with Gasteiger partial charge in [0.05, 0.1) is 5.69 Å². The summed E-state index contributed by atoms with van der Waals surface area (Å²) in [4.78, 5) is 17.4. The molecule has 2 heterocycles. The first-order chi connectivity index (χ1) is 16.8. The van der Waals surface area contributed by atoms with Crippen molar-refractivity contribution in [1.29, 1.82) is 0 Å². The van der Waals surface area contributed by atoms with Gasteiger partial charge >= 0.3 is 0 Å². The lowest BCUT2D eigenvalue weighted by molar-refractivity contribution is -0.127. The highest BCUT2D eigenvalue weighted by Crippen LogP contribution is 2.38. The first kappa shape index (κ1) is 28.0. The number of fused-ring (bicyclic) bond motifs is 1. The molecule has 0 spiro atoms. The number of hydrogen-bond donors (Lipinski definition) is 2. The average Bonchev–Trinajstić information content (AvgIpc) is 3.37. The van der Waals surface area contributed by atoms with Gasteiger partial charge in [-0.25, -0.2) is 4.98 Å². The summed E-state index contributed by atoms with van der Waals surface area (Å²) in [5.41, 5.74) is 3.91. The number of aryl methyl sites for hydroxylation is 1. The minimum absolute atomic E-state index is 0.0654. The number of H-pyrrole nitrogens is 1. The normalized spacial score (nSPS) is 14.2. The van der Waals surface area contributed by atoms with E-state index in [0.717, 1.165) is 29.8 Å². The Bertz CT molecular complexity index is 1210. The van der Waals surface area contributed by atoms with Crippen LogP contribution in [0.25, 0.3) is 5.65 Å². The lowest BCUT2D eigenvalue weighted by Crippen LogP contribution is -2.37. The summed E-state index contributed by atoms with van der Waals surface area (Å²) >= 11 is 6.27. The predicted molar refractivity (Wildman–Crippen MR) is 146 cm³/mol. The molecule has 0 bridgehead atoms. The van der Waals surface area contributed by atoms with Crippen LogP contribution < -0.4 is 10.1 Å². The zero-order valence-corrected chi connectivity index (χ0v) is 24.0. The molecule has 0 aliphatic heterocycles. The zero-order valence-electron chi connectivity index (χ0n) is 23.3. The molecule has 0 saturated carbocycles. The van der Waals surface area contributed by atoms with Crippen LogP contribution in [0.3, 0.4) is 0 Å². The van der Waals surface area contributed by atoms with Crippen molar-refractivity contribution in [1.82, 2.24) is 25.1 Å². The maximum atomic E-state index is 12.9. The van der Waals surface area contributed by atoms with E-state index in [9.17, 15) is 4.79 Å². The summed E-state index contributed by atoms with van der Waals surface area (Å²) in [6.07, 6.45) is 2.12. The topological polar surface area (TPSA) is 84.3 Å². The highest BCUT2D eigenvalue weighted by molar-refractivity contribution is 6.34. The molecule has 0 aliphatic carbocycles. The number of hydrogen-bond acceptors (Lipinski definition) is 4. The maximum absolute atomic E-state index is 12.9. The van der Waals surface area contributed by atoms with E-state index in [4.69, 9.17) is 16.3 Å². The van der Waals surface area contributed by atoms with Crippen molar-refractivity contribution >= 4 is 23.2 Å². The number of amides is 1. The van der Waals surface area contributed by atoms with Crippen molar-refractivity contribution < 1.29 is 9.53 Å². The van der Waals surface area contributed by atoms with Crippen LogP contribution >= 0.6 is 11.6 Å². The summed E-state index contributed by atoms with van der Waals surface area (Å²) in [5.74, 6) is 1.41. The van der Waals surface area contributed by atoms with E-state index in [-0.39, 0.29) is 22.7 Å². The van der Waals surface area contributed by atoms with Crippen LogP contribution in [-0.4, -0.2) is 38.4 Å². The highest BCUT2D eigenvalue weighted by Gasteiger charge is 2.28. The minimum Gasteiger partial charge on any atom is -0.481 e. The van der Waals surface area contributed by atoms with Crippen LogP contribution in [-0.2, 0) is 15.6 Å². The van der Waals surface area contributed by atoms with Crippen LogP contribution in [0.15, 0.2) is 18.2 Å². The van der Waals surface area contributed by atoms with Crippen LogP contribution in [0.5, 0.6) is 5.75 Å². The molecule has 0 fully saturated rings. The number of nitrogens with zero attached hydrogens (tertiary/aromatic N) is 3. The van der Waals surface area contributed by atoms with Gasteiger partial charge in [0.2, 0.25) is 0 Å². The molecule has 2 unspecified atom stereocenters. The molecule has 3 rings (SSSR count). The fourth-order valence-electron chi connectivity index (χ4n) is 4.04. The minimum atomic E-state index is -0.609. The van der Waals surface area contributed by atoms with Gasteiger partial charge in [-0.2, -0.15) is 4.63 Å². The number of ether oxygens (including phenoxy) is 1. The summed E-state index contributed by atoms with van der Waals surface area (Å²) in [7, 11) is 0. The monoisotopic (exact) mass is 515 g/mol. The van der Waals surface area contributed by atoms with E-state index < -0.39 is 6.10 Å². The third-order valence-corrected chi connectivity index (χ3v) is 8.12. The molecule has 2 atom stereocenters. The predicted octanol–water partition coefficient (Wildman–Crippen LogP) is 6.47. The molecule has 7 nitrogen and oxygen atoms in total. The molecule has 1 amide bonds. The number of carbonyl (C=O) groups excluding carboxylic acids is 1. The van der Waals surface area contributed by atoms with Crippen molar-refractivity contribution in [3.05, 3.63) is 45.9 Å². The number of carbonyl (C=O) groups is 1. The zero-order chi connectivity index (χ0) is 26.8. The van der Waals surface area contributed by atoms with Gasteiger partial charge in [0.25, 0.3) is 5.91 Å². The van der Waals surface area contributed by atoms with Crippen LogP contribution in [0, 0.1) is 6.92 Å². The van der Waals surface area contributed by atoms with Gasteiger partial charge in [0.15, 0.2) is 17.6 Å². The third kappa shape index (κ3) is 5.88. The largest absolute Gasteiger partial charge is 0.481 e. The van der Waals surface area contributed by atoms with E-state index in [0.29, 0.717) is 29.5 Å². The standard InChI is InChI=1S/C28H42ClN5O2/c1-10-27(6,7)20-12-13-22(21(16-20)28(8,9)11-2)36-19(5)26(35)30-15-14-17(3)24-31-25-23(29)18(4)32-34(25)33-24/h12-13,16-17,19,32H,10-11,14-15H2,1-9H3,(H,30,35). The van der Waals surface area contributed by atoms with Crippen LogP contribution in [0.1, 0.15) is 103 Å². The number of nitrogens with one attached hydrogen (secondary N) is 2. The SMILES string of the molecule is CCC(C)(C)c1ccc(OC(C)C(=O)NCCC(C)c2nc3c(Cl)c(C)[nH]n3n2)c(C(C)(C)CC)c1. The highest BCUT2D eigenvalue weighted by atomic mass is 35.5. The Hall–Kier alpha value is -2.54. The fourth-order valence-corrected chi connectivity index (χ4v) is 4.20. The van der Waals surface area contributed by atoms with Gasteiger partial charge in [-0.05, 0) is 55.6 Å². The quantitative estimate of drug-likeness (QED) is 0.306. The number of aromatic amines is 1. The van der Waals surface area contributed by atoms with Crippen molar-refractivity contribution in [3.63, 3.8) is 0 Å². The van der Waals surface area contributed by atoms with Crippen LogP contribution in [0.4, 0.5) is 0 Å². The Kier molecular flexibility index (Phi) is 8.44. The Morgan fingerprint density at radius 3 is 2.44 bits per heavy atom. The van der Waals surface area contributed by atoms with E-state index in [1.165, 1.54) is 5.56 Å². The molecular weight excluding hydrogens is 474 g/mol. The molecule has 198 valence electrons. The summed E-state index contributed by atoms with van der Waals surface area (Å²) in [6, 6.07) is 6.43. The van der Waals surface area contributed by atoms with Crippen molar-refractivity contribution in [2.75, 3.05) is 6.54 Å². The smallest absolute Gasteiger partial charge is 0.260 e. The van der Waals surface area contributed by atoms with Gasteiger partial charge in [-0.3, -0.25) is 9.89 Å². The molecule has 1 aromatic carbocycles. The van der Waals surface area contributed by atoms with E-state index in [2.05, 4.69) is 74.2 Å². The third-order valence-electron chi connectivity index (χ3n) is 7.67. The van der Waals surface area contributed by atoms with E-state index in [1.54, 1.807) is 11.6 Å². The average molecular weight is 516 g/mol. The lowest BCUT2D eigenvalue weighted by atomic mass is 9.76. The second-order valence-electron chi connectivity index (χ2n) is 11.2. The van der Waals surface area contributed by atoms with Gasteiger partial charge < -0.3 is 10.1 Å². The van der Waals surface area contributed by atoms with Gasteiger partial charge in [0, 0.05) is 18.0 Å². The summed E-state index contributed by atoms with van der Waals surface area (Å²) in [5, 5.41) is 11.1. The first-order valence-electron chi connectivity index (χ1n) is 13.0. The molecule has 8 heteroatoms. The Morgan fingerprint density at radius 2 is 1.83 bits per heavy atom. The maximum Gasteiger partial charge on any atom is 0.260 e. The Labute approximate surface area is 220 Å². The van der Waals surface area contributed by atoms with Crippen LogP contribution in [0.2, 0.25) is 5.02 Å². The summed E-state index contributed by atoms with van der Waals surface area (Å²) < 4.78 is 7.83. The van der Waals surface area contributed by atoms with Gasteiger partial charge in [0.1, 0.15) is 10.8 Å². The Morgan fingerprint density at radius 1 is 1.17 bits per heavy atom. The number of halogens is 1. The Balaban J connectivity index is 1.63. The van der Waals surface area contributed by atoms with Gasteiger partial charge in [-0.1, -0.05) is 72.2 Å². The fraction of sp³-hybridized carbons (Fsp3) is 0.607. The van der Waals surface area contributed by atoms with Gasteiger partial charge in [-0.15, -0.1) is 5.10 Å². The van der Waals surface area contributed by atoms with Crippen molar-refractivity contribution in [3.8, 4) is 5.75 Å². The number of rotatable bonds is 11. The molecule has 0 radical (unpaired) electrons. The molecule has 0 aliphatic rings. The van der Waals surface area contributed by atoms with Crippen molar-refractivity contribution in [2.24, 2.45) is 0 Å². The number of aromatic nitrogens is 4. The molecule has 36 heavy (non-hydrogen) atoms. The second-order valence-corrected chi connectivity index (χ2v) is 11.6. The summed E-state index contributed by atoms with van der Waals surface area (Å²) in [6.45, 7) is 19.6. The molecule has 3 aromatic rings. The van der Waals surface area contributed by atoms with Crippen molar-refractivity contribution in [2.45, 2.75) is 104 Å². The second kappa shape index (κ2) is 10.8. The van der Waals surface area contributed by atoms with E-state index in [1.807, 2.05) is 19.9 Å². The van der Waals surface area contributed by atoms with E-state index >= 15 is 0 Å². The number of benzene rings is 1. The molecule has 2 N–H and O–H groups in total. The molecule has 2 aromatic heterocycles. The first-order valence-corrected chi connectivity index (χ1v) is 13.4.